The number of nitrogens with one attached hydrogen (secondary N) is 1. The summed E-state index contributed by atoms with van der Waals surface area (Å²) >= 11 is 0. The third-order valence-corrected chi connectivity index (χ3v) is 2.04. The Morgan fingerprint density at radius 2 is 2.13 bits per heavy atom. The van der Waals surface area contributed by atoms with E-state index >= 15 is 0 Å². The summed E-state index contributed by atoms with van der Waals surface area (Å²) in [6.07, 6.45) is -1.02. The molecule has 1 rings (SSSR count). The van der Waals surface area contributed by atoms with Crippen molar-refractivity contribution in [3.63, 3.8) is 0 Å². The van der Waals surface area contributed by atoms with Crippen molar-refractivity contribution in [1.82, 2.24) is 5.32 Å². The van der Waals surface area contributed by atoms with Crippen LogP contribution in [-0.4, -0.2) is 25.8 Å². The minimum Gasteiger partial charge on any atom is -0.491 e. The van der Waals surface area contributed by atoms with Gasteiger partial charge in [0.05, 0.1) is 13.2 Å². The van der Waals surface area contributed by atoms with Gasteiger partial charge in [0.25, 0.3) is 0 Å². The molecular weight excluding hydrogens is 204 g/mol. The van der Waals surface area contributed by atoms with Crippen molar-refractivity contribution in [2.45, 2.75) is 6.10 Å². The molecule has 0 heterocycles. The molecule has 0 radical (unpaired) electrons. The summed E-state index contributed by atoms with van der Waals surface area (Å²) in [4.78, 5) is 0. The van der Waals surface area contributed by atoms with E-state index in [0.29, 0.717) is 0 Å². The number of aliphatic hydroxyl groups excluding tert-OH is 1. The highest BCUT2D eigenvalue weighted by atomic mass is 19.1. The molecule has 0 amide bonds. The largest absolute Gasteiger partial charge is 0.491 e. The maximum Gasteiger partial charge on any atom is 0.190 e. The molecule has 0 aromatic heterocycles. The zero-order chi connectivity index (χ0) is 11.4. The Labute approximate surface area is 86.7 Å². The van der Waals surface area contributed by atoms with Crippen molar-refractivity contribution in [3.05, 3.63) is 29.3 Å². The molecule has 0 spiro atoms. The Kier molecular flexibility index (Phi) is 3.99. The molecule has 2 N–H and O–H groups in total. The number of aliphatic hydroxyl groups is 1. The zero-order valence-corrected chi connectivity index (χ0v) is 8.55. The van der Waals surface area contributed by atoms with Crippen LogP contribution in [0.25, 0.3) is 0 Å². The van der Waals surface area contributed by atoms with E-state index in [2.05, 4.69) is 10.1 Å². The molecule has 0 bridgehead atoms. The highest BCUT2D eigenvalue weighted by molar-refractivity contribution is 5.34. The van der Waals surface area contributed by atoms with E-state index in [4.69, 9.17) is 0 Å². The van der Waals surface area contributed by atoms with Gasteiger partial charge in [0.2, 0.25) is 0 Å². The number of halogens is 2. The van der Waals surface area contributed by atoms with Crippen LogP contribution in [0, 0.1) is 11.6 Å². The topological polar surface area (TPSA) is 41.5 Å². The molecule has 1 unspecified atom stereocenters. The van der Waals surface area contributed by atoms with E-state index in [1.54, 1.807) is 7.05 Å². The molecule has 3 nitrogen and oxygen atoms in total. The van der Waals surface area contributed by atoms with Crippen LogP contribution in [0.15, 0.2) is 12.1 Å². The van der Waals surface area contributed by atoms with Crippen LogP contribution in [0.4, 0.5) is 8.78 Å². The molecule has 15 heavy (non-hydrogen) atoms. The monoisotopic (exact) mass is 217 g/mol. The first kappa shape index (κ1) is 11.9. The second kappa shape index (κ2) is 5.04. The third kappa shape index (κ3) is 2.43. The van der Waals surface area contributed by atoms with Crippen molar-refractivity contribution in [2.75, 3.05) is 20.7 Å². The van der Waals surface area contributed by atoms with Crippen molar-refractivity contribution in [2.24, 2.45) is 0 Å². The number of hydrogen-bond acceptors (Lipinski definition) is 3. The second-order valence-electron chi connectivity index (χ2n) is 3.06. The normalized spacial score (nSPS) is 12.6. The van der Waals surface area contributed by atoms with Gasteiger partial charge in [-0.2, -0.15) is 0 Å². The molecule has 84 valence electrons. The van der Waals surface area contributed by atoms with E-state index in [0.717, 1.165) is 6.07 Å². The second-order valence-corrected chi connectivity index (χ2v) is 3.06. The summed E-state index contributed by atoms with van der Waals surface area (Å²) in [6.45, 7) is 0.186. The third-order valence-electron chi connectivity index (χ3n) is 2.04. The van der Waals surface area contributed by atoms with Crippen LogP contribution >= 0.6 is 0 Å². The molecule has 0 fully saturated rings. The summed E-state index contributed by atoms with van der Waals surface area (Å²) in [5.74, 6) is -2.11. The quantitative estimate of drug-likeness (QED) is 0.797. The average Bonchev–Trinajstić information content (AvgIpc) is 2.18. The highest BCUT2D eigenvalue weighted by Crippen LogP contribution is 2.27. The molecular formula is C10H13F2NO2. The highest BCUT2D eigenvalue weighted by Gasteiger charge is 2.18. The maximum atomic E-state index is 13.6. The van der Waals surface area contributed by atoms with Crippen LogP contribution < -0.4 is 10.1 Å². The standard InChI is InChI=1S/C10H13F2NO2/c1-13-5-8(14)6-3-4-7(11)10(15-2)9(6)12/h3-4,8,13-14H,5H2,1-2H3. The Balaban J connectivity index is 3.09. The Hall–Kier alpha value is -1.20. The van der Waals surface area contributed by atoms with Crippen LogP contribution in [-0.2, 0) is 0 Å². The van der Waals surface area contributed by atoms with Gasteiger partial charge in [-0.25, -0.2) is 8.78 Å². The van der Waals surface area contributed by atoms with Crippen molar-refractivity contribution in [1.29, 1.82) is 0 Å². The van der Waals surface area contributed by atoms with Gasteiger partial charge in [0.1, 0.15) is 0 Å². The van der Waals surface area contributed by atoms with E-state index in [-0.39, 0.29) is 12.1 Å². The lowest BCUT2D eigenvalue weighted by molar-refractivity contribution is 0.171. The van der Waals surface area contributed by atoms with E-state index in [1.165, 1.54) is 13.2 Å². The predicted molar refractivity (Wildman–Crippen MR) is 51.8 cm³/mol. The van der Waals surface area contributed by atoms with Crippen molar-refractivity contribution in [3.8, 4) is 5.75 Å². The fraction of sp³-hybridized carbons (Fsp3) is 0.400. The summed E-state index contributed by atoms with van der Waals surface area (Å²) in [6, 6.07) is 2.27. The summed E-state index contributed by atoms with van der Waals surface area (Å²) in [5, 5.41) is 12.2. The number of hydrogen-bond donors (Lipinski definition) is 2. The Morgan fingerprint density at radius 3 is 2.67 bits per heavy atom. The Bertz CT molecular complexity index is 344. The van der Waals surface area contributed by atoms with Crippen LogP contribution in [0.5, 0.6) is 5.75 Å². The van der Waals surface area contributed by atoms with Gasteiger partial charge in [-0.3, -0.25) is 0 Å². The lowest BCUT2D eigenvalue weighted by Gasteiger charge is -2.13. The first-order valence-corrected chi connectivity index (χ1v) is 4.46. The molecule has 0 aliphatic carbocycles. The van der Waals surface area contributed by atoms with Gasteiger partial charge in [0, 0.05) is 12.1 Å². The van der Waals surface area contributed by atoms with Gasteiger partial charge in [-0.1, -0.05) is 6.07 Å². The minimum absolute atomic E-state index is 0.0163. The van der Waals surface area contributed by atoms with Crippen molar-refractivity contribution < 1.29 is 18.6 Å². The lowest BCUT2D eigenvalue weighted by Crippen LogP contribution is -2.18. The summed E-state index contributed by atoms with van der Waals surface area (Å²) < 4.78 is 31.1. The predicted octanol–water partition coefficient (Wildman–Crippen LogP) is 1.23. The first-order valence-electron chi connectivity index (χ1n) is 4.46. The van der Waals surface area contributed by atoms with E-state index < -0.39 is 23.5 Å². The number of likely N-dealkylation sites (N-methyl/N-ethyl adjacent to an activating group) is 1. The van der Waals surface area contributed by atoms with Gasteiger partial charge in [0.15, 0.2) is 17.4 Å². The Morgan fingerprint density at radius 1 is 1.47 bits per heavy atom. The first-order chi connectivity index (χ1) is 7.11. The minimum atomic E-state index is -1.02. The van der Waals surface area contributed by atoms with E-state index in [1.807, 2.05) is 0 Å². The van der Waals surface area contributed by atoms with Gasteiger partial charge < -0.3 is 15.2 Å². The molecule has 5 heteroatoms. The van der Waals surface area contributed by atoms with Crippen LogP contribution in [0.2, 0.25) is 0 Å². The zero-order valence-electron chi connectivity index (χ0n) is 8.55. The molecule has 1 aromatic rings. The fourth-order valence-electron chi connectivity index (χ4n) is 1.30. The maximum absolute atomic E-state index is 13.6. The smallest absolute Gasteiger partial charge is 0.190 e. The van der Waals surface area contributed by atoms with Gasteiger partial charge >= 0.3 is 0 Å². The summed E-state index contributed by atoms with van der Waals surface area (Å²) in [7, 11) is 2.80. The fourth-order valence-corrected chi connectivity index (χ4v) is 1.30. The molecule has 0 saturated heterocycles. The summed E-state index contributed by atoms with van der Waals surface area (Å²) in [5.41, 5.74) is 0.0163. The number of ether oxygens (including phenoxy) is 1. The number of methoxy groups -OCH3 is 1. The average molecular weight is 217 g/mol. The lowest BCUT2D eigenvalue weighted by atomic mass is 10.1. The van der Waals surface area contributed by atoms with Crippen LogP contribution in [0.1, 0.15) is 11.7 Å². The van der Waals surface area contributed by atoms with Gasteiger partial charge in [-0.15, -0.1) is 0 Å². The van der Waals surface area contributed by atoms with E-state index in [9.17, 15) is 13.9 Å². The number of benzene rings is 1. The molecule has 0 saturated carbocycles. The van der Waals surface area contributed by atoms with Gasteiger partial charge in [-0.05, 0) is 13.1 Å². The van der Waals surface area contributed by atoms with Crippen molar-refractivity contribution >= 4 is 0 Å². The van der Waals surface area contributed by atoms with Crippen LogP contribution in [0.3, 0.4) is 0 Å². The molecule has 1 atom stereocenters. The molecule has 1 aromatic carbocycles. The SMILES string of the molecule is CNCC(O)c1ccc(F)c(OC)c1F. The molecule has 0 aliphatic heterocycles. The number of rotatable bonds is 4. The molecule has 0 aliphatic rings.